The summed E-state index contributed by atoms with van der Waals surface area (Å²) in [7, 11) is 1.44. The zero-order chi connectivity index (χ0) is 15.4. The molecule has 1 aliphatic heterocycles. The van der Waals surface area contributed by atoms with Crippen LogP contribution in [0.15, 0.2) is 16.6 Å². The van der Waals surface area contributed by atoms with Gasteiger partial charge in [0.1, 0.15) is 0 Å². The Kier molecular flexibility index (Phi) is 5.78. The molecule has 1 fully saturated rings. The van der Waals surface area contributed by atoms with Crippen LogP contribution in [0.4, 0.5) is 8.78 Å². The van der Waals surface area contributed by atoms with Gasteiger partial charge in [-0.2, -0.15) is 8.78 Å². The Bertz CT molecular complexity index is 488. The zero-order valence-corrected chi connectivity index (χ0v) is 13.6. The van der Waals surface area contributed by atoms with E-state index in [-0.39, 0.29) is 5.75 Å². The highest BCUT2D eigenvalue weighted by Gasteiger charge is 2.19. The minimum atomic E-state index is -2.88. The molecule has 1 heterocycles. The maximum Gasteiger partial charge on any atom is 0.387 e. The van der Waals surface area contributed by atoms with Gasteiger partial charge in [0.05, 0.1) is 11.6 Å². The third-order valence-electron chi connectivity index (χ3n) is 3.36. The van der Waals surface area contributed by atoms with Crippen molar-refractivity contribution < 1.29 is 18.3 Å². The van der Waals surface area contributed by atoms with Crippen LogP contribution < -0.4 is 14.8 Å². The third kappa shape index (κ3) is 4.52. The van der Waals surface area contributed by atoms with Crippen molar-refractivity contribution in [2.45, 2.75) is 26.1 Å². The lowest BCUT2D eigenvalue weighted by Gasteiger charge is -2.32. The molecule has 0 bridgehead atoms. The van der Waals surface area contributed by atoms with Crippen molar-refractivity contribution in [2.24, 2.45) is 0 Å². The van der Waals surface area contributed by atoms with Crippen LogP contribution >= 0.6 is 15.9 Å². The highest BCUT2D eigenvalue weighted by atomic mass is 79.9. The van der Waals surface area contributed by atoms with Crippen molar-refractivity contribution in [3.8, 4) is 11.5 Å². The Morgan fingerprint density at radius 1 is 1.48 bits per heavy atom. The van der Waals surface area contributed by atoms with Crippen molar-refractivity contribution in [1.29, 1.82) is 0 Å². The standard InChI is InChI=1S/C14H19BrF2N2O2/c1-9-7-19(4-3-18-9)8-10-5-11(15)13(21-14(16)17)12(6-10)20-2/h5-6,9,14,18H,3-4,7-8H2,1-2H3/t9-/m0/s1. The number of nitrogens with one attached hydrogen (secondary N) is 1. The van der Waals surface area contributed by atoms with Gasteiger partial charge in [-0.1, -0.05) is 0 Å². The van der Waals surface area contributed by atoms with Crippen LogP contribution in [0.5, 0.6) is 11.5 Å². The van der Waals surface area contributed by atoms with Crippen molar-refractivity contribution >= 4 is 15.9 Å². The maximum absolute atomic E-state index is 12.4. The van der Waals surface area contributed by atoms with Crippen LogP contribution in [0, 0.1) is 0 Å². The van der Waals surface area contributed by atoms with E-state index < -0.39 is 6.61 Å². The number of benzene rings is 1. The monoisotopic (exact) mass is 364 g/mol. The molecule has 0 unspecified atom stereocenters. The Balaban J connectivity index is 2.15. The number of methoxy groups -OCH3 is 1. The fourth-order valence-electron chi connectivity index (χ4n) is 2.48. The van der Waals surface area contributed by atoms with E-state index in [1.165, 1.54) is 7.11 Å². The Morgan fingerprint density at radius 2 is 2.24 bits per heavy atom. The molecule has 2 rings (SSSR count). The van der Waals surface area contributed by atoms with Gasteiger partial charge in [-0.25, -0.2) is 0 Å². The molecule has 0 aromatic heterocycles. The van der Waals surface area contributed by atoms with E-state index in [1.54, 1.807) is 12.1 Å². The van der Waals surface area contributed by atoms with Gasteiger partial charge in [0.25, 0.3) is 0 Å². The van der Waals surface area contributed by atoms with E-state index in [9.17, 15) is 8.78 Å². The molecule has 4 nitrogen and oxygen atoms in total. The molecule has 118 valence electrons. The summed E-state index contributed by atoms with van der Waals surface area (Å²) in [6, 6.07) is 3.99. The Morgan fingerprint density at radius 3 is 2.86 bits per heavy atom. The second kappa shape index (κ2) is 7.38. The van der Waals surface area contributed by atoms with E-state index in [0.717, 1.165) is 31.7 Å². The lowest BCUT2D eigenvalue weighted by molar-refractivity contribution is -0.0517. The topological polar surface area (TPSA) is 33.7 Å². The summed E-state index contributed by atoms with van der Waals surface area (Å²) in [6.45, 7) is 2.87. The normalized spacial score (nSPS) is 19.8. The van der Waals surface area contributed by atoms with Crippen LogP contribution in [0.1, 0.15) is 12.5 Å². The molecule has 1 saturated heterocycles. The number of rotatable bonds is 5. The van der Waals surface area contributed by atoms with Crippen LogP contribution in [0.2, 0.25) is 0 Å². The quantitative estimate of drug-likeness (QED) is 0.870. The molecule has 21 heavy (non-hydrogen) atoms. The molecule has 0 radical (unpaired) electrons. The average Bonchev–Trinajstić information content (AvgIpc) is 2.41. The minimum absolute atomic E-state index is 0.0323. The average molecular weight is 365 g/mol. The molecule has 0 amide bonds. The number of nitrogens with zero attached hydrogens (tertiary/aromatic N) is 1. The summed E-state index contributed by atoms with van der Waals surface area (Å²) >= 11 is 3.27. The van der Waals surface area contributed by atoms with Gasteiger partial charge < -0.3 is 14.8 Å². The second-order valence-electron chi connectivity index (χ2n) is 5.08. The number of alkyl halides is 2. The molecule has 7 heteroatoms. The lowest BCUT2D eigenvalue weighted by Crippen LogP contribution is -2.48. The summed E-state index contributed by atoms with van der Waals surface area (Å²) in [5, 5.41) is 3.38. The zero-order valence-electron chi connectivity index (χ0n) is 12.0. The Hall–Kier alpha value is -0.920. The van der Waals surface area contributed by atoms with Crippen LogP contribution in [0.25, 0.3) is 0 Å². The lowest BCUT2D eigenvalue weighted by atomic mass is 10.1. The number of halogens is 3. The van der Waals surface area contributed by atoms with Crippen LogP contribution in [0.3, 0.4) is 0 Å². The smallest absolute Gasteiger partial charge is 0.387 e. The van der Waals surface area contributed by atoms with Crippen molar-refractivity contribution in [3.63, 3.8) is 0 Å². The molecule has 1 atom stereocenters. The van der Waals surface area contributed by atoms with Gasteiger partial charge in [0.2, 0.25) is 0 Å². The molecular weight excluding hydrogens is 346 g/mol. The molecule has 1 aromatic rings. The summed E-state index contributed by atoms with van der Waals surface area (Å²) < 4.78 is 35.0. The first-order chi connectivity index (χ1) is 9.99. The van der Waals surface area contributed by atoms with Crippen molar-refractivity contribution in [2.75, 3.05) is 26.7 Å². The predicted molar refractivity (Wildman–Crippen MR) is 80.1 cm³/mol. The molecule has 0 spiro atoms. The number of piperazine rings is 1. The summed E-state index contributed by atoms with van der Waals surface area (Å²) in [5.41, 5.74) is 0.995. The third-order valence-corrected chi connectivity index (χ3v) is 3.94. The van der Waals surface area contributed by atoms with Gasteiger partial charge in [-0.3, -0.25) is 4.90 Å². The first-order valence-corrected chi connectivity index (χ1v) is 7.56. The Labute approximate surface area is 131 Å². The fourth-order valence-corrected chi connectivity index (χ4v) is 3.06. The first-order valence-electron chi connectivity index (χ1n) is 6.76. The van der Waals surface area contributed by atoms with Crippen LogP contribution in [-0.2, 0) is 6.54 Å². The molecule has 0 aliphatic carbocycles. The van der Waals surface area contributed by atoms with E-state index in [0.29, 0.717) is 16.3 Å². The number of hydrogen-bond donors (Lipinski definition) is 1. The van der Waals surface area contributed by atoms with Gasteiger partial charge >= 0.3 is 6.61 Å². The molecule has 1 aliphatic rings. The van der Waals surface area contributed by atoms with E-state index >= 15 is 0 Å². The summed E-state index contributed by atoms with van der Waals surface area (Å²) in [4.78, 5) is 2.32. The summed E-state index contributed by atoms with van der Waals surface area (Å²) in [6.07, 6.45) is 0. The highest BCUT2D eigenvalue weighted by Crippen LogP contribution is 2.38. The molecule has 0 saturated carbocycles. The van der Waals surface area contributed by atoms with Crippen LogP contribution in [-0.4, -0.2) is 44.3 Å². The fraction of sp³-hybridized carbons (Fsp3) is 0.571. The molecule has 1 aromatic carbocycles. The largest absolute Gasteiger partial charge is 0.493 e. The summed E-state index contributed by atoms with van der Waals surface area (Å²) in [5.74, 6) is 0.341. The van der Waals surface area contributed by atoms with Gasteiger partial charge in [-0.15, -0.1) is 0 Å². The van der Waals surface area contributed by atoms with Crippen molar-refractivity contribution in [3.05, 3.63) is 22.2 Å². The SMILES string of the molecule is COc1cc(CN2CCN[C@@H](C)C2)cc(Br)c1OC(F)F. The molecular formula is C14H19BrF2N2O2. The van der Waals surface area contributed by atoms with Gasteiger partial charge in [0.15, 0.2) is 11.5 Å². The second-order valence-corrected chi connectivity index (χ2v) is 5.93. The predicted octanol–water partition coefficient (Wildman–Crippen LogP) is 2.85. The first kappa shape index (κ1) is 16.5. The van der Waals surface area contributed by atoms with Gasteiger partial charge in [0, 0.05) is 32.2 Å². The molecule has 1 N–H and O–H groups in total. The van der Waals surface area contributed by atoms with Gasteiger partial charge in [-0.05, 0) is 40.5 Å². The van der Waals surface area contributed by atoms with E-state index in [1.807, 2.05) is 0 Å². The highest BCUT2D eigenvalue weighted by molar-refractivity contribution is 9.10. The maximum atomic E-state index is 12.4. The number of hydrogen-bond acceptors (Lipinski definition) is 4. The van der Waals surface area contributed by atoms with E-state index in [4.69, 9.17) is 4.74 Å². The van der Waals surface area contributed by atoms with Crippen molar-refractivity contribution in [1.82, 2.24) is 10.2 Å². The van der Waals surface area contributed by atoms with E-state index in [2.05, 4.69) is 37.8 Å². The minimum Gasteiger partial charge on any atom is -0.493 e. The number of ether oxygens (including phenoxy) is 2.